The Morgan fingerprint density at radius 3 is 2.43 bits per heavy atom. The third-order valence-corrected chi connectivity index (χ3v) is 5.03. The molecular weight excluding hydrogens is 377 g/mol. The van der Waals surface area contributed by atoms with E-state index < -0.39 is 17.7 Å². The molecule has 1 atom stereocenters. The van der Waals surface area contributed by atoms with E-state index in [0.717, 1.165) is 10.6 Å². The van der Waals surface area contributed by atoms with Gasteiger partial charge in [0.1, 0.15) is 0 Å². The van der Waals surface area contributed by atoms with Gasteiger partial charge in [-0.2, -0.15) is 13.2 Å². The molecule has 3 rings (SSSR count). The number of rotatable bonds is 4. The molecule has 1 aliphatic rings. The predicted molar refractivity (Wildman–Crippen MR) is 93.1 cm³/mol. The molecule has 1 N–H and O–H groups in total. The molecule has 152 valence electrons. The van der Waals surface area contributed by atoms with Gasteiger partial charge in [0.2, 0.25) is 11.5 Å². The number of carbonyl (C=O) groups excluding carboxylic acids is 1. The Hall–Kier alpha value is -2.62. The van der Waals surface area contributed by atoms with Gasteiger partial charge in [0.25, 0.3) is 5.91 Å². The zero-order valence-electron chi connectivity index (χ0n) is 15.5. The third-order valence-electron chi connectivity index (χ3n) is 5.03. The molecule has 1 saturated heterocycles. The fourth-order valence-electron chi connectivity index (χ4n) is 3.29. The Labute approximate surface area is 159 Å². The summed E-state index contributed by atoms with van der Waals surface area (Å²) in [7, 11) is 1.50. The third kappa shape index (κ3) is 3.68. The van der Waals surface area contributed by atoms with E-state index >= 15 is 0 Å². The summed E-state index contributed by atoms with van der Waals surface area (Å²) in [6.07, 6.45) is -2.22. The Kier molecular flexibility index (Phi) is 5.33. The Bertz CT molecular complexity index is 825. The van der Waals surface area contributed by atoms with Gasteiger partial charge in [-0.1, -0.05) is 0 Å². The van der Waals surface area contributed by atoms with Gasteiger partial charge < -0.3 is 19.3 Å². The Morgan fingerprint density at radius 2 is 1.89 bits per heavy atom. The van der Waals surface area contributed by atoms with Crippen molar-refractivity contribution in [3.8, 4) is 11.7 Å². The van der Waals surface area contributed by atoms with Crippen molar-refractivity contribution >= 4 is 5.91 Å². The SMILES string of the molecule is COc1ccc(-n2cccc2C2CCN(C(=O)[C@@](C)(O)C(F)(F)F)CC2)nn1. The Balaban J connectivity index is 1.71. The van der Waals surface area contributed by atoms with Crippen molar-refractivity contribution in [2.75, 3.05) is 20.2 Å². The van der Waals surface area contributed by atoms with Crippen LogP contribution in [0.15, 0.2) is 30.5 Å². The minimum Gasteiger partial charge on any atom is -0.480 e. The second-order valence-electron chi connectivity index (χ2n) is 6.87. The summed E-state index contributed by atoms with van der Waals surface area (Å²) in [4.78, 5) is 13.2. The van der Waals surface area contributed by atoms with E-state index in [-0.39, 0.29) is 19.0 Å². The van der Waals surface area contributed by atoms with Crippen LogP contribution in [0.1, 0.15) is 31.4 Å². The lowest BCUT2D eigenvalue weighted by Crippen LogP contribution is -2.57. The summed E-state index contributed by atoms with van der Waals surface area (Å²) in [6.45, 7) is 0.763. The molecule has 2 aromatic heterocycles. The monoisotopic (exact) mass is 398 g/mol. The smallest absolute Gasteiger partial charge is 0.426 e. The van der Waals surface area contributed by atoms with Crippen LogP contribution in [0.5, 0.6) is 5.88 Å². The van der Waals surface area contributed by atoms with Crippen molar-refractivity contribution in [3.63, 3.8) is 0 Å². The first-order chi connectivity index (χ1) is 13.1. The number of nitrogens with zero attached hydrogens (tertiary/aromatic N) is 4. The molecule has 3 heterocycles. The lowest BCUT2D eigenvalue weighted by Gasteiger charge is -2.37. The van der Waals surface area contributed by atoms with Crippen LogP contribution in [0.25, 0.3) is 5.82 Å². The molecule has 0 aliphatic carbocycles. The van der Waals surface area contributed by atoms with E-state index in [1.807, 2.05) is 22.9 Å². The van der Waals surface area contributed by atoms with Crippen LogP contribution in [0, 0.1) is 0 Å². The van der Waals surface area contributed by atoms with Crippen molar-refractivity contribution in [3.05, 3.63) is 36.2 Å². The number of piperidine rings is 1. The number of amides is 1. The van der Waals surface area contributed by atoms with Crippen LogP contribution < -0.4 is 4.74 Å². The lowest BCUT2D eigenvalue weighted by atomic mass is 9.92. The number of likely N-dealkylation sites (tertiary alicyclic amines) is 1. The van der Waals surface area contributed by atoms with Gasteiger partial charge in [0.05, 0.1) is 7.11 Å². The zero-order chi connectivity index (χ0) is 20.5. The van der Waals surface area contributed by atoms with E-state index in [1.54, 1.807) is 12.1 Å². The summed E-state index contributed by atoms with van der Waals surface area (Å²) < 4.78 is 45.6. The molecule has 10 heteroatoms. The van der Waals surface area contributed by atoms with Gasteiger partial charge in [0, 0.05) is 37.0 Å². The molecule has 0 radical (unpaired) electrons. The van der Waals surface area contributed by atoms with Gasteiger partial charge in [-0.05, 0) is 38.0 Å². The van der Waals surface area contributed by atoms with Crippen molar-refractivity contribution in [1.29, 1.82) is 0 Å². The lowest BCUT2D eigenvalue weighted by molar-refractivity contribution is -0.250. The van der Waals surface area contributed by atoms with Crippen molar-refractivity contribution in [2.24, 2.45) is 0 Å². The molecular formula is C18H21F3N4O3. The van der Waals surface area contributed by atoms with Crippen molar-refractivity contribution < 1.29 is 27.8 Å². The first kappa shape index (κ1) is 20.1. The van der Waals surface area contributed by atoms with Gasteiger partial charge in [-0.15, -0.1) is 10.2 Å². The molecule has 1 fully saturated rings. The molecule has 28 heavy (non-hydrogen) atoms. The van der Waals surface area contributed by atoms with Crippen LogP contribution in [-0.2, 0) is 4.79 Å². The minimum atomic E-state index is -5.01. The highest BCUT2D eigenvalue weighted by molar-refractivity contribution is 5.85. The quantitative estimate of drug-likeness (QED) is 0.855. The van der Waals surface area contributed by atoms with Crippen molar-refractivity contribution in [2.45, 2.75) is 37.5 Å². The van der Waals surface area contributed by atoms with Crippen molar-refractivity contribution in [1.82, 2.24) is 19.7 Å². The van der Waals surface area contributed by atoms with Gasteiger partial charge in [-0.25, -0.2) is 0 Å². The topological polar surface area (TPSA) is 80.5 Å². The van der Waals surface area contributed by atoms with E-state index in [2.05, 4.69) is 10.2 Å². The van der Waals surface area contributed by atoms with Crippen LogP contribution in [0.3, 0.4) is 0 Å². The molecule has 1 aliphatic heterocycles. The standard InChI is InChI=1S/C18H21F3N4O3/c1-17(27,18(19,20)21)16(26)24-10-7-12(8-11-24)13-4-3-9-25(13)14-5-6-15(28-2)23-22-14/h3-6,9,12,27H,7-8,10-11H2,1-2H3/t17-/m1/s1. The number of aliphatic hydroxyl groups is 1. The molecule has 0 saturated carbocycles. The Morgan fingerprint density at radius 1 is 1.21 bits per heavy atom. The summed E-state index contributed by atoms with van der Waals surface area (Å²) in [5.74, 6) is -0.283. The highest BCUT2D eigenvalue weighted by Gasteiger charge is 2.57. The summed E-state index contributed by atoms with van der Waals surface area (Å²) in [5.41, 5.74) is -2.44. The number of methoxy groups -OCH3 is 1. The van der Waals surface area contributed by atoms with Crippen LogP contribution in [0.2, 0.25) is 0 Å². The maximum absolute atomic E-state index is 12.9. The average Bonchev–Trinajstić information content (AvgIpc) is 3.16. The summed E-state index contributed by atoms with van der Waals surface area (Å²) in [6, 6.07) is 7.22. The fraction of sp³-hybridized carbons (Fsp3) is 0.500. The number of halogens is 3. The maximum Gasteiger partial charge on any atom is 0.426 e. The van der Waals surface area contributed by atoms with E-state index in [4.69, 9.17) is 4.74 Å². The number of ether oxygens (including phenoxy) is 1. The fourth-order valence-corrected chi connectivity index (χ4v) is 3.29. The predicted octanol–water partition coefficient (Wildman–Crippen LogP) is 2.30. The molecule has 0 bridgehead atoms. The number of carbonyl (C=O) groups is 1. The number of alkyl halides is 3. The minimum absolute atomic E-state index is 0.0405. The van der Waals surface area contributed by atoms with E-state index in [1.165, 1.54) is 7.11 Å². The second-order valence-corrected chi connectivity index (χ2v) is 6.87. The zero-order valence-corrected chi connectivity index (χ0v) is 15.5. The highest BCUT2D eigenvalue weighted by Crippen LogP contribution is 2.35. The summed E-state index contributed by atoms with van der Waals surface area (Å²) >= 11 is 0. The molecule has 0 spiro atoms. The van der Waals surface area contributed by atoms with Crippen LogP contribution >= 0.6 is 0 Å². The number of aromatic nitrogens is 3. The summed E-state index contributed by atoms with van der Waals surface area (Å²) in [5, 5.41) is 17.7. The van der Waals surface area contributed by atoms with Gasteiger partial charge in [-0.3, -0.25) is 4.79 Å². The van der Waals surface area contributed by atoms with Gasteiger partial charge in [0.15, 0.2) is 5.82 Å². The first-order valence-electron chi connectivity index (χ1n) is 8.79. The van der Waals surface area contributed by atoms with Crippen LogP contribution in [-0.4, -0.2) is 62.7 Å². The first-order valence-corrected chi connectivity index (χ1v) is 8.79. The average molecular weight is 398 g/mol. The van der Waals surface area contributed by atoms with E-state index in [0.29, 0.717) is 31.5 Å². The largest absolute Gasteiger partial charge is 0.480 e. The normalized spacial score (nSPS) is 18.0. The molecule has 2 aromatic rings. The molecule has 1 amide bonds. The highest BCUT2D eigenvalue weighted by atomic mass is 19.4. The van der Waals surface area contributed by atoms with Crippen LogP contribution in [0.4, 0.5) is 13.2 Å². The molecule has 7 nitrogen and oxygen atoms in total. The van der Waals surface area contributed by atoms with Gasteiger partial charge >= 0.3 is 6.18 Å². The van der Waals surface area contributed by atoms with E-state index in [9.17, 15) is 23.1 Å². The molecule has 0 unspecified atom stereocenters. The molecule has 0 aromatic carbocycles. The second kappa shape index (κ2) is 7.42. The number of hydrogen-bond acceptors (Lipinski definition) is 5. The number of hydrogen-bond donors (Lipinski definition) is 1. The maximum atomic E-state index is 12.9.